The average molecular weight is 335 g/mol. The van der Waals surface area contributed by atoms with Crippen LogP contribution in [0, 0.1) is 0 Å². The number of hydrogen-bond acceptors (Lipinski definition) is 2. The van der Waals surface area contributed by atoms with Crippen molar-refractivity contribution in [3.8, 4) is 0 Å². The maximum absolute atomic E-state index is 12.1. The van der Waals surface area contributed by atoms with Crippen molar-refractivity contribution in [2.45, 2.75) is 32.9 Å². The Labute approximate surface area is 119 Å². The molecule has 1 heterocycles. The number of halogens is 1. The summed E-state index contributed by atoms with van der Waals surface area (Å²) in [6.07, 6.45) is 4.29. The first-order chi connectivity index (χ1) is 8.43. The van der Waals surface area contributed by atoms with E-state index in [4.69, 9.17) is 0 Å². The molecule has 1 amide bonds. The Bertz CT molecular complexity index is 445. The van der Waals surface area contributed by atoms with Crippen molar-refractivity contribution >= 4 is 32.6 Å². The Morgan fingerprint density at radius 3 is 2.83 bits per heavy atom. The van der Waals surface area contributed by atoms with Gasteiger partial charge in [0.25, 0.3) is 5.91 Å². The van der Waals surface area contributed by atoms with E-state index in [0.717, 1.165) is 17.4 Å². The number of hydrogen-bond donors (Lipinski definition) is 1. The minimum atomic E-state index is -0.811. The Morgan fingerprint density at radius 2 is 2.28 bits per heavy atom. The summed E-state index contributed by atoms with van der Waals surface area (Å²) in [6.45, 7) is 4.67. The number of rotatable bonds is 6. The van der Waals surface area contributed by atoms with E-state index in [2.05, 4.69) is 21.2 Å². The second-order valence-electron chi connectivity index (χ2n) is 4.27. The number of nitrogens with one attached hydrogen (secondary N) is 1. The van der Waals surface area contributed by atoms with Gasteiger partial charge in [-0.15, -0.1) is 0 Å². The van der Waals surface area contributed by atoms with Crippen LogP contribution in [0.25, 0.3) is 0 Å². The molecule has 1 aromatic rings. The molecule has 1 N–H and O–H groups in total. The van der Waals surface area contributed by atoms with Gasteiger partial charge in [-0.05, 0) is 42.3 Å². The summed E-state index contributed by atoms with van der Waals surface area (Å²) in [4.78, 5) is 12.1. The van der Waals surface area contributed by atoms with E-state index >= 15 is 0 Å². The average Bonchev–Trinajstić information content (AvgIpc) is 2.68. The Hall–Kier alpha value is -0.620. The van der Waals surface area contributed by atoms with Gasteiger partial charge in [-0.2, -0.15) is 0 Å². The monoisotopic (exact) mass is 334 g/mol. The lowest BCUT2D eigenvalue weighted by Gasteiger charge is -2.14. The van der Waals surface area contributed by atoms with Gasteiger partial charge >= 0.3 is 0 Å². The molecule has 0 bridgehead atoms. The van der Waals surface area contributed by atoms with Crippen molar-refractivity contribution in [1.29, 1.82) is 0 Å². The van der Waals surface area contributed by atoms with Gasteiger partial charge in [0, 0.05) is 46.1 Å². The quantitative estimate of drug-likeness (QED) is 0.866. The molecule has 6 heteroatoms. The maximum atomic E-state index is 12.1. The van der Waals surface area contributed by atoms with E-state index in [0.29, 0.717) is 11.4 Å². The van der Waals surface area contributed by atoms with E-state index in [9.17, 15) is 9.00 Å². The molecule has 0 fully saturated rings. The van der Waals surface area contributed by atoms with Crippen LogP contribution in [-0.2, 0) is 17.3 Å². The van der Waals surface area contributed by atoms with Crippen molar-refractivity contribution in [3.63, 3.8) is 0 Å². The molecule has 0 radical (unpaired) electrons. The molecule has 0 saturated heterocycles. The fraction of sp³-hybridized carbons (Fsp3) is 0.583. The van der Waals surface area contributed by atoms with E-state index in [1.807, 2.05) is 30.7 Å². The van der Waals surface area contributed by atoms with Gasteiger partial charge in [-0.1, -0.05) is 0 Å². The first kappa shape index (κ1) is 15.4. The number of carbonyl (C=O) groups excluding carboxylic acids is 1. The molecular formula is C12H19BrN2O2S. The fourth-order valence-corrected chi connectivity index (χ4v) is 2.79. The predicted molar refractivity (Wildman–Crippen MR) is 78.3 cm³/mol. The third-order valence-electron chi connectivity index (χ3n) is 2.65. The second-order valence-corrected chi connectivity index (χ2v) is 6.74. The van der Waals surface area contributed by atoms with Crippen LogP contribution in [0.3, 0.4) is 0 Å². The van der Waals surface area contributed by atoms with E-state index < -0.39 is 10.8 Å². The minimum absolute atomic E-state index is 0.0281. The highest BCUT2D eigenvalue weighted by Crippen LogP contribution is 2.15. The van der Waals surface area contributed by atoms with Crippen LogP contribution in [0.4, 0.5) is 0 Å². The molecule has 0 spiro atoms. The number of nitrogens with zero attached hydrogens (tertiary/aromatic N) is 1. The number of aromatic nitrogens is 1. The van der Waals surface area contributed by atoms with Gasteiger partial charge in [0.1, 0.15) is 5.69 Å². The first-order valence-electron chi connectivity index (χ1n) is 5.90. The fourth-order valence-electron chi connectivity index (χ4n) is 1.64. The second kappa shape index (κ2) is 7.09. The van der Waals surface area contributed by atoms with Crippen molar-refractivity contribution < 1.29 is 9.00 Å². The van der Waals surface area contributed by atoms with Crippen molar-refractivity contribution in [3.05, 3.63) is 22.4 Å². The highest BCUT2D eigenvalue weighted by molar-refractivity contribution is 9.10. The number of amides is 1. The molecule has 18 heavy (non-hydrogen) atoms. The van der Waals surface area contributed by atoms with Crippen LogP contribution in [0.1, 0.15) is 30.8 Å². The smallest absolute Gasteiger partial charge is 0.268 e. The Kier molecular flexibility index (Phi) is 6.08. The Morgan fingerprint density at radius 1 is 1.61 bits per heavy atom. The molecule has 4 nitrogen and oxygen atoms in total. The molecule has 2 atom stereocenters. The standard InChI is InChI=1S/C12H19BrN2O2S/c1-4-15-8-10(13)7-11(15)12(16)14-9(2)5-6-18(3)17/h7-9H,4-6H2,1-3H3,(H,14,16). The highest BCUT2D eigenvalue weighted by Gasteiger charge is 2.14. The summed E-state index contributed by atoms with van der Waals surface area (Å²) in [5.74, 6) is 0.525. The predicted octanol–water partition coefficient (Wildman–Crippen LogP) is 2.16. The summed E-state index contributed by atoms with van der Waals surface area (Å²) in [7, 11) is -0.811. The zero-order valence-corrected chi connectivity index (χ0v) is 13.3. The van der Waals surface area contributed by atoms with Gasteiger partial charge in [0.15, 0.2) is 0 Å². The van der Waals surface area contributed by atoms with Crippen LogP contribution in [0.15, 0.2) is 16.7 Å². The topological polar surface area (TPSA) is 51.1 Å². The lowest BCUT2D eigenvalue weighted by atomic mass is 10.2. The molecule has 1 aromatic heterocycles. The first-order valence-corrected chi connectivity index (χ1v) is 8.42. The van der Waals surface area contributed by atoms with Gasteiger partial charge in [0.05, 0.1) is 0 Å². The molecule has 0 aliphatic rings. The van der Waals surface area contributed by atoms with E-state index in [-0.39, 0.29) is 11.9 Å². The molecule has 1 rings (SSSR count). The van der Waals surface area contributed by atoms with Crippen LogP contribution in [0.5, 0.6) is 0 Å². The largest absolute Gasteiger partial charge is 0.348 e. The third kappa shape index (κ3) is 4.57. The summed E-state index contributed by atoms with van der Waals surface area (Å²) >= 11 is 3.37. The van der Waals surface area contributed by atoms with Crippen LogP contribution >= 0.6 is 15.9 Å². The Balaban J connectivity index is 2.61. The SMILES string of the molecule is CCn1cc(Br)cc1C(=O)NC(C)CCS(C)=O. The van der Waals surface area contributed by atoms with Gasteiger partial charge < -0.3 is 9.88 Å². The normalized spacial score (nSPS) is 14.2. The van der Waals surface area contributed by atoms with Crippen LogP contribution < -0.4 is 5.32 Å². The zero-order valence-electron chi connectivity index (χ0n) is 10.9. The van der Waals surface area contributed by atoms with Crippen LogP contribution in [-0.4, -0.2) is 32.7 Å². The van der Waals surface area contributed by atoms with E-state index in [1.165, 1.54) is 0 Å². The van der Waals surface area contributed by atoms with Crippen molar-refractivity contribution in [2.24, 2.45) is 0 Å². The molecule has 0 aromatic carbocycles. The summed E-state index contributed by atoms with van der Waals surface area (Å²) in [5.41, 5.74) is 0.647. The van der Waals surface area contributed by atoms with E-state index in [1.54, 1.807) is 6.26 Å². The third-order valence-corrected chi connectivity index (χ3v) is 3.90. The van der Waals surface area contributed by atoms with Crippen LogP contribution in [0.2, 0.25) is 0 Å². The van der Waals surface area contributed by atoms with Gasteiger partial charge in [-0.25, -0.2) is 0 Å². The molecular weight excluding hydrogens is 316 g/mol. The molecule has 0 saturated carbocycles. The molecule has 2 unspecified atom stereocenters. The molecule has 102 valence electrons. The lowest BCUT2D eigenvalue weighted by Crippen LogP contribution is -2.34. The van der Waals surface area contributed by atoms with Gasteiger partial charge in [0.2, 0.25) is 0 Å². The van der Waals surface area contributed by atoms with Crippen molar-refractivity contribution in [1.82, 2.24) is 9.88 Å². The zero-order chi connectivity index (χ0) is 13.7. The highest BCUT2D eigenvalue weighted by atomic mass is 79.9. The maximum Gasteiger partial charge on any atom is 0.268 e. The lowest BCUT2D eigenvalue weighted by molar-refractivity contribution is 0.0930. The summed E-state index contributed by atoms with van der Waals surface area (Å²) in [6, 6.07) is 1.84. The molecule has 0 aliphatic carbocycles. The number of aryl methyl sites for hydroxylation is 1. The summed E-state index contributed by atoms with van der Waals surface area (Å²) in [5, 5.41) is 2.92. The number of carbonyl (C=O) groups is 1. The summed E-state index contributed by atoms with van der Waals surface area (Å²) < 4.78 is 13.8. The van der Waals surface area contributed by atoms with Crippen molar-refractivity contribution in [2.75, 3.05) is 12.0 Å². The van der Waals surface area contributed by atoms with Gasteiger partial charge in [-0.3, -0.25) is 9.00 Å². The minimum Gasteiger partial charge on any atom is -0.348 e. The molecule has 0 aliphatic heterocycles.